The molecule has 0 amide bonds. The van der Waals surface area contributed by atoms with Gasteiger partial charge in [0.25, 0.3) is 0 Å². The minimum Gasteiger partial charge on any atom is -0.0928 e. The Balaban J connectivity index is 1.61. The lowest BCUT2D eigenvalue weighted by Gasteiger charge is -2.28. The zero-order chi connectivity index (χ0) is 16.8. The molecule has 4 atom stereocenters. The summed E-state index contributed by atoms with van der Waals surface area (Å²) < 4.78 is 0. The Morgan fingerprint density at radius 2 is 1.46 bits per heavy atom. The first-order chi connectivity index (χ1) is 11.8. The summed E-state index contributed by atoms with van der Waals surface area (Å²) in [6, 6.07) is 0. The Hall–Kier alpha value is 0.480. The van der Waals surface area contributed by atoms with E-state index in [4.69, 9.17) is 0 Å². The van der Waals surface area contributed by atoms with Crippen LogP contribution in [0.1, 0.15) is 103 Å². The Labute approximate surface area is 160 Å². The summed E-state index contributed by atoms with van der Waals surface area (Å²) in [5, 5.41) is 1.20. The molecule has 3 saturated carbocycles. The minimum atomic E-state index is 0.984. The molecule has 0 bridgehead atoms. The van der Waals surface area contributed by atoms with Gasteiger partial charge in [-0.05, 0) is 67.6 Å². The van der Waals surface area contributed by atoms with Gasteiger partial charge in [-0.2, -0.15) is 0 Å². The van der Waals surface area contributed by atoms with Gasteiger partial charge in [0.1, 0.15) is 0 Å². The largest absolute Gasteiger partial charge is 0.0928 e. The van der Waals surface area contributed by atoms with Crippen LogP contribution in [0.4, 0.5) is 0 Å². The second-order valence-corrected chi connectivity index (χ2v) is 10.5. The Kier molecular flexibility index (Phi) is 8.00. The maximum Gasteiger partial charge on any atom is 0.00313 e. The molecule has 0 aromatic carbocycles. The van der Waals surface area contributed by atoms with Crippen molar-refractivity contribution in [2.45, 2.75) is 103 Å². The molecule has 0 aromatic heterocycles. The van der Waals surface area contributed by atoms with Crippen LogP contribution in [-0.2, 0) is 0 Å². The topological polar surface area (TPSA) is 0 Å². The summed E-state index contributed by atoms with van der Waals surface area (Å²) in [7, 11) is 0. The zero-order valence-electron chi connectivity index (χ0n) is 16.2. The van der Waals surface area contributed by atoms with Gasteiger partial charge in [-0.1, -0.05) is 87.1 Å². The van der Waals surface area contributed by atoms with Crippen LogP contribution in [0.3, 0.4) is 0 Å². The van der Waals surface area contributed by atoms with Crippen LogP contribution in [-0.4, -0.2) is 5.33 Å². The molecule has 0 heterocycles. The first-order valence-corrected chi connectivity index (χ1v) is 12.4. The van der Waals surface area contributed by atoms with E-state index in [1.807, 2.05) is 0 Å². The highest BCUT2D eigenvalue weighted by Gasteiger charge is 2.35. The molecule has 140 valence electrons. The van der Waals surface area contributed by atoms with E-state index in [0.717, 1.165) is 35.5 Å². The van der Waals surface area contributed by atoms with Crippen molar-refractivity contribution in [2.75, 3.05) is 5.33 Å². The molecule has 0 saturated heterocycles. The van der Waals surface area contributed by atoms with E-state index in [1.165, 1.54) is 50.3 Å². The van der Waals surface area contributed by atoms with Crippen molar-refractivity contribution in [3.05, 3.63) is 0 Å². The third-order valence-electron chi connectivity index (χ3n) is 7.92. The zero-order valence-corrected chi connectivity index (χ0v) is 17.7. The van der Waals surface area contributed by atoms with Gasteiger partial charge in [-0.3, -0.25) is 0 Å². The van der Waals surface area contributed by atoms with Crippen LogP contribution < -0.4 is 0 Å². The average molecular weight is 397 g/mol. The Morgan fingerprint density at radius 3 is 2.17 bits per heavy atom. The van der Waals surface area contributed by atoms with Gasteiger partial charge in [-0.15, -0.1) is 0 Å². The van der Waals surface area contributed by atoms with Gasteiger partial charge < -0.3 is 0 Å². The van der Waals surface area contributed by atoms with Crippen molar-refractivity contribution in [3.8, 4) is 0 Å². The van der Waals surface area contributed by atoms with Gasteiger partial charge in [0.05, 0.1) is 0 Å². The summed E-state index contributed by atoms with van der Waals surface area (Å²) in [6.07, 6.45) is 23.0. The van der Waals surface area contributed by atoms with Crippen LogP contribution in [0, 0.1) is 35.5 Å². The molecule has 0 aliphatic heterocycles. The summed E-state index contributed by atoms with van der Waals surface area (Å²) in [5.74, 6) is 6.35. The molecule has 0 N–H and O–H groups in total. The highest BCUT2D eigenvalue weighted by Crippen LogP contribution is 2.47. The summed E-state index contributed by atoms with van der Waals surface area (Å²) in [6.45, 7) is 2.61. The van der Waals surface area contributed by atoms with E-state index in [1.54, 1.807) is 51.4 Å². The highest BCUT2D eigenvalue weighted by molar-refractivity contribution is 9.09. The predicted molar refractivity (Wildman–Crippen MR) is 110 cm³/mol. The van der Waals surface area contributed by atoms with Crippen molar-refractivity contribution >= 4 is 15.9 Å². The molecule has 3 fully saturated rings. The van der Waals surface area contributed by atoms with Crippen LogP contribution >= 0.6 is 15.9 Å². The van der Waals surface area contributed by atoms with Crippen LogP contribution in [0.5, 0.6) is 0 Å². The molecule has 0 radical (unpaired) electrons. The van der Waals surface area contributed by atoms with Gasteiger partial charge in [0, 0.05) is 5.33 Å². The maximum absolute atomic E-state index is 3.63. The fourth-order valence-electron chi connectivity index (χ4n) is 6.59. The van der Waals surface area contributed by atoms with Crippen molar-refractivity contribution < 1.29 is 0 Å². The molecular formula is C23H41Br. The molecule has 4 unspecified atom stereocenters. The van der Waals surface area contributed by atoms with Gasteiger partial charge in [0.2, 0.25) is 0 Å². The normalized spacial score (nSPS) is 36.2. The maximum atomic E-state index is 3.63. The van der Waals surface area contributed by atoms with E-state index in [9.17, 15) is 0 Å². The molecule has 3 rings (SSSR count). The SMILES string of the molecule is CC1CC(CC2CCCC2)CC(C2CCCC2)CC1CCCCBr. The first-order valence-electron chi connectivity index (χ1n) is 11.3. The van der Waals surface area contributed by atoms with Crippen LogP contribution in [0.2, 0.25) is 0 Å². The number of hydrogen-bond acceptors (Lipinski definition) is 0. The fraction of sp³-hybridized carbons (Fsp3) is 1.00. The van der Waals surface area contributed by atoms with Gasteiger partial charge in [-0.25, -0.2) is 0 Å². The van der Waals surface area contributed by atoms with E-state index in [-0.39, 0.29) is 0 Å². The molecule has 1 heteroatoms. The fourth-order valence-corrected chi connectivity index (χ4v) is 6.98. The highest BCUT2D eigenvalue weighted by atomic mass is 79.9. The predicted octanol–water partition coefficient (Wildman–Crippen LogP) is 7.99. The van der Waals surface area contributed by atoms with Gasteiger partial charge in [0.15, 0.2) is 0 Å². The quantitative estimate of drug-likeness (QED) is 0.232. The standard InChI is InChI=1S/C23H41Br/c1-18-14-20(15-19-8-2-3-9-19)16-23(21-10-4-5-11-21)17-22(18)12-6-7-13-24/h18-23H,2-17H2,1H3. The second-order valence-electron chi connectivity index (χ2n) is 9.69. The lowest BCUT2D eigenvalue weighted by Crippen LogP contribution is -2.18. The van der Waals surface area contributed by atoms with E-state index >= 15 is 0 Å². The Bertz CT molecular complexity index is 340. The lowest BCUT2D eigenvalue weighted by atomic mass is 9.78. The van der Waals surface area contributed by atoms with Crippen molar-refractivity contribution in [3.63, 3.8) is 0 Å². The van der Waals surface area contributed by atoms with Crippen molar-refractivity contribution in [1.29, 1.82) is 0 Å². The molecule has 3 aliphatic rings. The number of unbranched alkanes of at least 4 members (excludes halogenated alkanes) is 1. The van der Waals surface area contributed by atoms with E-state index < -0.39 is 0 Å². The molecule has 0 aromatic rings. The molecule has 0 spiro atoms. The molecular weight excluding hydrogens is 356 g/mol. The smallest absolute Gasteiger partial charge is 0.00313 e. The molecule has 24 heavy (non-hydrogen) atoms. The minimum absolute atomic E-state index is 0.984. The Morgan fingerprint density at radius 1 is 0.750 bits per heavy atom. The molecule has 0 nitrogen and oxygen atoms in total. The third kappa shape index (κ3) is 5.49. The summed E-state index contributed by atoms with van der Waals surface area (Å²) >= 11 is 3.63. The van der Waals surface area contributed by atoms with Crippen LogP contribution in [0.25, 0.3) is 0 Å². The van der Waals surface area contributed by atoms with Crippen LogP contribution in [0.15, 0.2) is 0 Å². The number of rotatable bonds is 7. The lowest BCUT2D eigenvalue weighted by molar-refractivity contribution is 0.226. The second kappa shape index (κ2) is 9.98. The molecule has 3 aliphatic carbocycles. The number of alkyl halides is 1. The van der Waals surface area contributed by atoms with Crippen molar-refractivity contribution in [2.24, 2.45) is 35.5 Å². The first kappa shape index (κ1) is 19.2. The van der Waals surface area contributed by atoms with Gasteiger partial charge >= 0.3 is 0 Å². The average Bonchev–Trinajstić information content (AvgIpc) is 3.24. The van der Waals surface area contributed by atoms with Crippen molar-refractivity contribution in [1.82, 2.24) is 0 Å². The number of hydrogen-bond donors (Lipinski definition) is 0. The summed E-state index contributed by atoms with van der Waals surface area (Å²) in [4.78, 5) is 0. The van der Waals surface area contributed by atoms with E-state index in [2.05, 4.69) is 22.9 Å². The third-order valence-corrected chi connectivity index (χ3v) is 8.48. The van der Waals surface area contributed by atoms with E-state index in [0.29, 0.717) is 0 Å². The monoisotopic (exact) mass is 396 g/mol. The number of halogens is 1. The summed E-state index contributed by atoms with van der Waals surface area (Å²) in [5.41, 5.74) is 0.